The smallest absolute Gasteiger partial charge is 0.254 e. The number of ether oxygens (including phenoxy) is 1. The molecule has 0 spiro atoms. The molecular formula is C19H18N2O3. The number of aliphatic hydroxyl groups excluding tert-OH is 1. The molecule has 0 saturated carbocycles. The highest BCUT2D eigenvalue weighted by molar-refractivity contribution is 5.98. The molecule has 0 saturated heterocycles. The predicted molar refractivity (Wildman–Crippen MR) is 90.9 cm³/mol. The minimum absolute atomic E-state index is 0.0163. The van der Waals surface area contributed by atoms with E-state index < -0.39 is 0 Å². The normalized spacial score (nSPS) is 14.1. The summed E-state index contributed by atoms with van der Waals surface area (Å²) in [4.78, 5) is 17.8. The van der Waals surface area contributed by atoms with E-state index in [0.717, 1.165) is 27.8 Å². The number of nitrogens with one attached hydrogen (secondary N) is 1. The molecule has 0 fully saturated rings. The van der Waals surface area contributed by atoms with Crippen LogP contribution in [0, 0.1) is 0 Å². The standard InChI is InChI=1S/C19H18N2O3/c22-12-13-1-4-18-16(9-13)11-21(7-8-24-18)19(23)15-3-2-14-5-6-20-17(14)10-15/h1-6,9-10,20,22H,7-8,11-12H2. The third-order valence-electron chi connectivity index (χ3n) is 4.38. The van der Waals surface area contributed by atoms with Gasteiger partial charge in [0.1, 0.15) is 12.4 Å². The quantitative estimate of drug-likeness (QED) is 0.762. The number of rotatable bonds is 2. The van der Waals surface area contributed by atoms with E-state index in [1.807, 2.05) is 48.7 Å². The second kappa shape index (κ2) is 6.02. The van der Waals surface area contributed by atoms with Crippen LogP contribution in [0.3, 0.4) is 0 Å². The van der Waals surface area contributed by atoms with E-state index in [4.69, 9.17) is 4.74 Å². The lowest BCUT2D eigenvalue weighted by Gasteiger charge is -2.20. The van der Waals surface area contributed by atoms with Gasteiger partial charge in [-0.1, -0.05) is 12.1 Å². The molecule has 2 aromatic carbocycles. The van der Waals surface area contributed by atoms with Crippen molar-refractivity contribution in [1.82, 2.24) is 9.88 Å². The van der Waals surface area contributed by atoms with Crippen molar-refractivity contribution < 1.29 is 14.6 Å². The van der Waals surface area contributed by atoms with Gasteiger partial charge in [0.05, 0.1) is 13.2 Å². The zero-order chi connectivity index (χ0) is 16.5. The van der Waals surface area contributed by atoms with Crippen molar-refractivity contribution in [2.24, 2.45) is 0 Å². The average molecular weight is 322 g/mol. The van der Waals surface area contributed by atoms with E-state index in [-0.39, 0.29) is 12.5 Å². The first-order valence-electron chi connectivity index (χ1n) is 7.96. The summed E-state index contributed by atoms with van der Waals surface area (Å²) in [5.74, 6) is 0.764. The molecule has 24 heavy (non-hydrogen) atoms. The predicted octanol–water partition coefficient (Wildman–Crippen LogP) is 2.70. The van der Waals surface area contributed by atoms with Crippen LogP contribution in [0.5, 0.6) is 5.75 Å². The minimum Gasteiger partial charge on any atom is -0.491 e. The Morgan fingerprint density at radius 1 is 1.21 bits per heavy atom. The Balaban J connectivity index is 1.63. The third-order valence-corrected chi connectivity index (χ3v) is 4.38. The molecule has 0 radical (unpaired) electrons. The summed E-state index contributed by atoms with van der Waals surface area (Å²) < 4.78 is 5.74. The van der Waals surface area contributed by atoms with Crippen LogP contribution in [-0.2, 0) is 13.2 Å². The number of hydrogen-bond donors (Lipinski definition) is 2. The fourth-order valence-electron chi connectivity index (χ4n) is 3.08. The van der Waals surface area contributed by atoms with Gasteiger partial charge in [0.2, 0.25) is 0 Å². The fourth-order valence-corrected chi connectivity index (χ4v) is 3.08. The number of amides is 1. The van der Waals surface area contributed by atoms with Gasteiger partial charge in [0.25, 0.3) is 5.91 Å². The molecule has 0 aliphatic carbocycles. The first kappa shape index (κ1) is 14.8. The van der Waals surface area contributed by atoms with Crippen LogP contribution in [0.15, 0.2) is 48.7 Å². The number of benzene rings is 2. The second-order valence-corrected chi connectivity index (χ2v) is 5.96. The topological polar surface area (TPSA) is 65.6 Å². The molecule has 0 atom stereocenters. The number of aliphatic hydroxyl groups is 1. The van der Waals surface area contributed by atoms with Crippen LogP contribution in [-0.4, -0.2) is 34.0 Å². The van der Waals surface area contributed by atoms with E-state index in [2.05, 4.69) is 4.98 Å². The number of H-pyrrole nitrogens is 1. The van der Waals surface area contributed by atoms with Crippen molar-refractivity contribution in [2.45, 2.75) is 13.2 Å². The van der Waals surface area contributed by atoms with Gasteiger partial charge in [-0.25, -0.2) is 0 Å². The maximum absolute atomic E-state index is 12.9. The van der Waals surface area contributed by atoms with Crippen LogP contribution in [0.4, 0.5) is 0 Å². The molecule has 2 N–H and O–H groups in total. The first-order valence-corrected chi connectivity index (χ1v) is 7.96. The molecule has 2 heterocycles. The summed E-state index contributed by atoms with van der Waals surface area (Å²) >= 11 is 0. The van der Waals surface area contributed by atoms with Crippen LogP contribution < -0.4 is 4.74 Å². The van der Waals surface area contributed by atoms with Gasteiger partial charge in [0, 0.05) is 29.4 Å². The lowest BCUT2D eigenvalue weighted by atomic mass is 10.1. The summed E-state index contributed by atoms with van der Waals surface area (Å²) in [5.41, 5.74) is 3.36. The van der Waals surface area contributed by atoms with Gasteiger partial charge in [-0.05, 0) is 41.3 Å². The average Bonchev–Trinajstić information content (AvgIpc) is 2.98. The highest BCUT2D eigenvalue weighted by atomic mass is 16.5. The molecular weight excluding hydrogens is 304 g/mol. The number of hydrogen-bond acceptors (Lipinski definition) is 3. The zero-order valence-corrected chi connectivity index (χ0v) is 13.2. The Morgan fingerprint density at radius 3 is 3.00 bits per heavy atom. The molecule has 1 amide bonds. The van der Waals surface area contributed by atoms with Crippen LogP contribution in [0.25, 0.3) is 10.9 Å². The number of carbonyl (C=O) groups excluding carboxylic acids is 1. The van der Waals surface area contributed by atoms with E-state index in [9.17, 15) is 9.90 Å². The van der Waals surface area contributed by atoms with Gasteiger partial charge in [-0.3, -0.25) is 4.79 Å². The Kier molecular flexibility index (Phi) is 3.70. The lowest BCUT2D eigenvalue weighted by Crippen LogP contribution is -2.32. The van der Waals surface area contributed by atoms with E-state index in [0.29, 0.717) is 25.3 Å². The van der Waals surface area contributed by atoms with Crippen molar-refractivity contribution in [3.63, 3.8) is 0 Å². The maximum Gasteiger partial charge on any atom is 0.254 e. The number of nitrogens with zero attached hydrogens (tertiary/aromatic N) is 1. The van der Waals surface area contributed by atoms with Crippen LogP contribution in [0.2, 0.25) is 0 Å². The van der Waals surface area contributed by atoms with E-state index >= 15 is 0 Å². The monoisotopic (exact) mass is 322 g/mol. The highest BCUT2D eigenvalue weighted by Gasteiger charge is 2.21. The van der Waals surface area contributed by atoms with Crippen molar-refractivity contribution in [1.29, 1.82) is 0 Å². The van der Waals surface area contributed by atoms with E-state index in [1.54, 1.807) is 4.90 Å². The van der Waals surface area contributed by atoms with Gasteiger partial charge < -0.3 is 19.7 Å². The Morgan fingerprint density at radius 2 is 2.12 bits per heavy atom. The summed E-state index contributed by atoms with van der Waals surface area (Å²) in [6.45, 7) is 1.45. The SMILES string of the molecule is O=C(c1ccc2cc[nH]c2c1)N1CCOc2ccc(CO)cc2C1. The summed E-state index contributed by atoms with van der Waals surface area (Å²) in [5, 5.41) is 10.4. The largest absolute Gasteiger partial charge is 0.491 e. The Hall–Kier alpha value is -2.79. The van der Waals surface area contributed by atoms with Gasteiger partial charge in [0.15, 0.2) is 0 Å². The van der Waals surface area contributed by atoms with Crippen molar-refractivity contribution in [2.75, 3.05) is 13.2 Å². The number of fused-ring (bicyclic) bond motifs is 2. The molecule has 4 rings (SSSR count). The fraction of sp³-hybridized carbons (Fsp3) is 0.211. The Labute approximate surface area is 139 Å². The molecule has 1 aromatic heterocycles. The molecule has 3 aromatic rings. The van der Waals surface area contributed by atoms with Crippen LogP contribution >= 0.6 is 0 Å². The number of carbonyl (C=O) groups is 1. The number of aromatic nitrogens is 1. The molecule has 1 aliphatic heterocycles. The summed E-state index contributed by atoms with van der Waals surface area (Å²) in [7, 11) is 0. The molecule has 5 heteroatoms. The maximum atomic E-state index is 12.9. The van der Waals surface area contributed by atoms with Gasteiger partial charge in [-0.2, -0.15) is 0 Å². The van der Waals surface area contributed by atoms with Gasteiger partial charge in [-0.15, -0.1) is 0 Å². The highest BCUT2D eigenvalue weighted by Crippen LogP contribution is 2.25. The van der Waals surface area contributed by atoms with Crippen molar-refractivity contribution in [3.8, 4) is 5.75 Å². The Bertz CT molecular complexity index is 901. The molecule has 0 bridgehead atoms. The minimum atomic E-state index is -0.0231. The summed E-state index contributed by atoms with van der Waals surface area (Å²) in [6.07, 6.45) is 1.87. The van der Waals surface area contributed by atoms with E-state index in [1.165, 1.54) is 0 Å². The lowest BCUT2D eigenvalue weighted by molar-refractivity contribution is 0.0733. The molecule has 0 unspecified atom stereocenters. The zero-order valence-electron chi connectivity index (χ0n) is 13.2. The second-order valence-electron chi connectivity index (χ2n) is 5.96. The molecule has 5 nitrogen and oxygen atoms in total. The molecule has 1 aliphatic rings. The van der Waals surface area contributed by atoms with Crippen molar-refractivity contribution >= 4 is 16.8 Å². The van der Waals surface area contributed by atoms with Gasteiger partial charge >= 0.3 is 0 Å². The first-order chi connectivity index (χ1) is 11.7. The third kappa shape index (κ3) is 2.63. The number of aromatic amines is 1. The van der Waals surface area contributed by atoms with Crippen molar-refractivity contribution in [3.05, 3.63) is 65.4 Å². The summed E-state index contributed by atoms with van der Waals surface area (Å²) in [6, 6.07) is 13.3. The molecule has 122 valence electrons. The van der Waals surface area contributed by atoms with Crippen LogP contribution in [0.1, 0.15) is 21.5 Å².